The molecule has 1 fully saturated rings. The number of aliphatic imine (C=N–C) groups is 1. The first-order valence-corrected chi connectivity index (χ1v) is 10.2. The predicted molar refractivity (Wildman–Crippen MR) is 112 cm³/mol. The lowest BCUT2D eigenvalue weighted by Gasteiger charge is -2.17. The summed E-state index contributed by atoms with van der Waals surface area (Å²) in [4.78, 5) is 4.33. The van der Waals surface area contributed by atoms with Crippen LogP contribution < -0.4 is 15.4 Å². The average molecular weight is 388 g/mol. The summed E-state index contributed by atoms with van der Waals surface area (Å²) in [6.07, 6.45) is 5.32. The Balaban J connectivity index is 1.48. The van der Waals surface area contributed by atoms with Crippen LogP contribution in [0.25, 0.3) is 0 Å². The molecule has 2 heterocycles. The van der Waals surface area contributed by atoms with Crippen molar-refractivity contribution in [3.63, 3.8) is 0 Å². The van der Waals surface area contributed by atoms with E-state index in [-0.39, 0.29) is 0 Å². The van der Waals surface area contributed by atoms with Gasteiger partial charge in [-0.1, -0.05) is 23.8 Å². The number of hydrogen-bond acceptors (Lipinski definition) is 4. The van der Waals surface area contributed by atoms with E-state index in [2.05, 4.69) is 46.8 Å². The van der Waals surface area contributed by atoms with Crippen molar-refractivity contribution in [3.05, 3.63) is 41.0 Å². The maximum absolute atomic E-state index is 6.13. The lowest BCUT2D eigenvalue weighted by Crippen LogP contribution is -2.37. The van der Waals surface area contributed by atoms with E-state index in [9.17, 15) is 0 Å². The summed E-state index contributed by atoms with van der Waals surface area (Å²) in [7, 11) is 1.80. The molecule has 3 rings (SSSR count). The molecule has 0 spiro atoms. The molecule has 0 saturated carbocycles. The number of guanidine groups is 1. The first-order valence-electron chi connectivity index (χ1n) is 10.2. The van der Waals surface area contributed by atoms with Crippen molar-refractivity contribution in [2.24, 2.45) is 10.9 Å². The minimum Gasteiger partial charge on any atom is -0.493 e. The molecule has 0 radical (unpaired) electrons. The van der Waals surface area contributed by atoms with Crippen LogP contribution in [0.3, 0.4) is 0 Å². The number of nitrogens with zero attached hydrogens (tertiary/aromatic N) is 1. The van der Waals surface area contributed by atoms with Crippen molar-refractivity contribution in [2.75, 3.05) is 46.6 Å². The van der Waals surface area contributed by atoms with Gasteiger partial charge in [-0.15, -0.1) is 0 Å². The van der Waals surface area contributed by atoms with Crippen molar-refractivity contribution in [3.8, 4) is 5.75 Å². The fourth-order valence-electron chi connectivity index (χ4n) is 3.40. The molecule has 1 aromatic carbocycles. The lowest BCUT2D eigenvalue weighted by atomic mass is 10.1. The highest BCUT2D eigenvalue weighted by Gasteiger charge is 2.17. The molecule has 1 unspecified atom stereocenters. The third kappa shape index (κ3) is 6.53. The SMILES string of the molecule is CN=C(NCCC1=CCOCC1)NCc1ccc(C)cc1OCC1CCOC1. The van der Waals surface area contributed by atoms with Gasteiger partial charge in [-0.2, -0.15) is 0 Å². The van der Waals surface area contributed by atoms with Crippen LogP contribution in [0, 0.1) is 12.8 Å². The summed E-state index contributed by atoms with van der Waals surface area (Å²) < 4.78 is 16.9. The summed E-state index contributed by atoms with van der Waals surface area (Å²) in [6, 6.07) is 6.36. The standard InChI is InChI=1S/C22H33N3O3/c1-17-3-4-20(21(13-17)28-16-19-8-12-27-15-19)14-25-22(23-2)24-9-5-18-6-10-26-11-7-18/h3-4,6,13,19H,5,7-12,14-16H2,1-2H3,(H2,23,24,25). The number of nitrogens with one attached hydrogen (secondary N) is 2. The second-order valence-electron chi connectivity index (χ2n) is 7.44. The first kappa shape index (κ1) is 20.7. The van der Waals surface area contributed by atoms with E-state index in [1.165, 1.54) is 11.1 Å². The fraction of sp³-hybridized carbons (Fsp3) is 0.591. The zero-order chi connectivity index (χ0) is 19.6. The van der Waals surface area contributed by atoms with Crippen molar-refractivity contribution in [1.82, 2.24) is 10.6 Å². The van der Waals surface area contributed by atoms with Gasteiger partial charge >= 0.3 is 0 Å². The lowest BCUT2D eigenvalue weighted by molar-refractivity contribution is 0.153. The average Bonchev–Trinajstić information content (AvgIpc) is 3.24. The topological polar surface area (TPSA) is 64.1 Å². The molecule has 6 nitrogen and oxygen atoms in total. The Morgan fingerprint density at radius 2 is 2.18 bits per heavy atom. The van der Waals surface area contributed by atoms with Gasteiger partial charge in [-0.05, 0) is 37.8 Å². The molecule has 6 heteroatoms. The van der Waals surface area contributed by atoms with Crippen LogP contribution in [0.4, 0.5) is 0 Å². The maximum atomic E-state index is 6.13. The van der Waals surface area contributed by atoms with Crippen LogP contribution in [0.2, 0.25) is 0 Å². The third-order valence-electron chi connectivity index (χ3n) is 5.19. The molecular formula is C22H33N3O3. The van der Waals surface area contributed by atoms with Gasteiger partial charge in [0.1, 0.15) is 5.75 Å². The van der Waals surface area contributed by atoms with E-state index in [0.717, 1.165) is 69.5 Å². The molecule has 1 atom stereocenters. The van der Waals surface area contributed by atoms with Gasteiger partial charge in [0.25, 0.3) is 0 Å². The number of aryl methyl sites for hydroxylation is 1. The Labute approximate surface area is 168 Å². The monoisotopic (exact) mass is 387 g/mol. The first-order chi connectivity index (χ1) is 13.7. The summed E-state index contributed by atoms with van der Waals surface area (Å²) >= 11 is 0. The molecule has 2 aliphatic rings. The van der Waals surface area contributed by atoms with Crippen molar-refractivity contribution in [2.45, 2.75) is 32.7 Å². The number of rotatable bonds is 8. The second-order valence-corrected chi connectivity index (χ2v) is 7.44. The molecule has 0 aliphatic carbocycles. The highest BCUT2D eigenvalue weighted by atomic mass is 16.5. The molecule has 28 heavy (non-hydrogen) atoms. The molecule has 2 N–H and O–H groups in total. The highest BCUT2D eigenvalue weighted by Crippen LogP contribution is 2.22. The van der Waals surface area contributed by atoms with Crippen LogP contribution in [-0.4, -0.2) is 52.6 Å². The van der Waals surface area contributed by atoms with Gasteiger partial charge in [0, 0.05) is 38.2 Å². The van der Waals surface area contributed by atoms with Crippen LogP contribution in [-0.2, 0) is 16.0 Å². The predicted octanol–water partition coefficient (Wildman–Crippen LogP) is 2.81. The third-order valence-corrected chi connectivity index (χ3v) is 5.19. The molecular weight excluding hydrogens is 354 g/mol. The zero-order valence-electron chi connectivity index (χ0n) is 17.1. The van der Waals surface area contributed by atoms with E-state index >= 15 is 0 Å². The van der Waals surface area contributed by atoms with Crippen LogP contribution in [0.15, 0.2) is 34.8 Å². The summed E-state index contributed by atoms with van der Waals surface area (Å²) in [5.74, 6) is 2.25. The number of ether oxygens (including phenoxy) is 3. The quantitative estimate of drug-likeness (QED) is 0.408. The molecule has 0 bridgehead atoms. The van der Waals surface area contributed by atoms with Crippen molar-refractivity contribution in [1.29, 1.82) is 0 Å². The number of hydrogen-bond donors (Lipinski definition) is 2. The van der Waals surface area contributed by atoms with Crippen LogP contribution >= 0.6 is 0 Å². The van der Waals surface area contributed by atoms with Gasteiger partial charge in [-0.25, -0.2) is 0 Å². The molecule has 0 amide bonds. The van der Waals surface area contributed by atoms with Gasteiger partial charge < -0.3 is 24.8 Å². The van der Waals surface area contributed by atoms with E-state index in [0.29, 0.717) is 19.1 Å². The largest absolute Gasteiger partial charge is 0.493 e. The van der Waals surface area contributed by atoms with Crippen LogP contribution in [0.1, 0.15) is 30.4 Å². The maximum Gasteiger partial charge on any atom is 0.191 e. The molecule has 0 aromatic heterocycles. The summed E-state index contributed by atoms with van der Waals surface area (Å²) in [5.41, 5.74) is 3.80. The van der Waals surface area contributed by atoms with E-state index in [1.54, 1.807) is 7.05 Å². The van der Waals surface area contributed by atoms with Crippen molar-refractivity contribution >= 4 is 5.96 Å². The van der Waals surface area contributed by atoms with Gasteiger partial charge in [0.05, 0.1) is 26.4 Å². The van der Waals surface area contributed by atoms with Gasteiger partial charge in [0.15, 0.2) is 5.96 Å². The van der Waals surface area contributed by atoms with Gasteiger partial charge in [0.2, 0.25) is 0 Å². The molecule has 1 aromatic rings. The minimum atomic E-state index is 0.496. The summed E-state index contributed by atoms with van der Waals surface area (Å²) in [6.45, 7) is 7.57. The molecule has 154 valence electrons. The van der Waals surface area contributed by atoms with Gasteiger partial charge in [-0.3, -0.25) is 4.99 Å². The van der Waals surface area contributed by atoms with E-state index in [1.807, 2.05) is 0 Å². The van der Waals surface area contributed by atoms with E-state index < -0.39 is 0 Å². The normalized spacial score (nSPS) is 20.0. The Kier molecular flexibility index (Phi) is 8.18. The minimum absolute atomic E-state index is 0.496. The van der Waals surface area contributed by atoms with E-state index in [4.69, 9.17) is 14.2 Å². The second kappa shape index (κ2) is 11.1. The highest BCUT2D eigenvalue weighted by molar-refractivity contribution is 5.79. The Hall–Kier alpha value is -2.05. The number of benzene rings is 1. The van der Waals surface area contributed by atoms with Crippen molar-refractivity contribution < 1.29 is 14.2 Å². The Bertz CT molecular complexity index is 682. The molecule has 1 saturated heterocycles. The van der Waals surface area contributed by atoms with Crippen LogP contribution in [0.5, 0.6) is 5.75 Å². The fourth-order valence-corrected chi connectivity index (χ4v) is 3.40. The Morgan fingerprint density at radius 3 is 2.93 bits per heavy atom. The summed E-state index contributed by atoms with van der Waals surface area (Å²) in [5, 5.41) is 6.80. The molecule has 2 aliphatic heterocycles. The smallest absolute Gasteiger partial charge is 0.191 e. The Morgan fingerprint density at radius 1 is 1.25 bits per heavy atom. The zero-order valence-corrected chi connectivity index (χ0v) is 17.1.